The molecule has 2 heterocycles. The van der Waals surface area contributed by atoms with Crippen LogP contribution in [0.4, 0.5) is 5.69 Å². The van der Waals surface area contributed by atoms with Crippen molar-refractivity contribution >= 4 is 11.6 Å². The molecule has 1 aromatic heterocycles. The van der Waals surface area contributed by atoms with Crippen LogP contribution in [0.25, 0.3) is 5.69 Å². The van der Waals surface area contributed by atoms with Crippen LogP contribution in [0.2, 0.25) is 0 Å². The Morgan fingerprint density at radius 3 is 2.68 bits per heavy atom. The van der Waals surface area contributed by atoms with E-state index in [1.165, 1.54) is 5.56 Å². The van der Waals surface area contributed by atoms with E-state index in [1.807, 2.05) is 41.2 Å². The highest BCUT2D eigenvalue weighted by molar-refractivity contribution is 5.83. The zero-order valence-electron chi connectivity index (χ0n) is 18.2. The molecule has 0 spiro atoms. The molecule has 0 aliphatic carbocycles. The van der Waals surface area contributed by atoms with E-state index in [4.69, 9.17) is 4.74 Å². The van der Waals surface area contributed by atoms with E-state index in [2.05, 4.69) is 53.4 Å². The standard InChI is InChI=1S/C25H30N4O2/c1-3-8-20(4-2)27-25(30)24-18-28(22-9-5-6-10-23(22)31-24)17-19-11-13-21(14-12-19)29-16-7-15-26-29/h5-7,9-16,20,24H,3-4,8,17-18H2,1-2H3,(H,27,30). The van der Waals surface area contributed by atoms with Gasteiger partial charge in [0.1, 0.15) is 5.75 Å². The van der Waals surface area contributed by atoms with Gasteiger partial charge in [-0.05, 0) is 48.7 Å². The summed E-state index contributed by atoms with van der Waals surface area (Å²) < 4.78 is 7.93. The summed E-state index contributed by atoms with van der Waals surface area (Å²) in [6.45, 7) is 5.47. The molecule has 2 aromatic carbocycles. The summed E-state index contributed by atoms with van der Waals surface area (Å²) in [5, 5.41) is 7.46. The molecule has 1 aliphatic heterocycles. The van der Waals surface area contributed by atoms with E-state index in [1.54, 1.807) is 6.20 Å². The van der Waals surface area contributed by atoms with Gasteiger partial charge in [-0.3, -0.25) is 4.79 Å². The Labute approximate surface area is 183 Å². The Morgan fingerprint density at radius 1 is 1.16 bits per heavy atom. The second kappa shape index (κ2) is 9.69. The predicted molar refractivity (Wildman–Crippen MR) is 123 cm³/mol. The van der Waals surface area contributed by atoms with Gasteiger partial charge < -0.3 is 15.0 Å². The fraction of sp³-hybridized carbons (Fsp3) is 0.360. The molecule has 162 valence electrons. The molecule has 0 fully saturated rings. The molecule has 4 rings (SSSR count). The van der Waals surface area contributed by atoms with Crippen molar-refractivity contribution in [2.75, 3.05) is 11.4 Å². The number of carbonyl (C=O) groups is 1. The fourth-order valence-corrected chi connectivity index (χ4v) is 4.01. The molecule has 31 heavy (non-hydrogen) atoms. The number of nitrogens with zero attached hydrogens (tertiary/aromatic N) is 3. The average Bonchev–Trinajstić information content (AvgIpc) is 3.34. The van der Waals surface area contributed by atoms with Gasteiger partial charge in [0.25, 0.3) is 5.91 Å². The number of ether oxygens (including phenoxy) is 1. The van der Waals surface area contributed by atoms with E-state index >= 15 is 0 Å². The van der Waals surface area contributed by atoms with Gasteiger partial charge in [0.05, 0.1) is 17.9 Å². The van der Waals surface area contributed by atoms with Crippen LogP contribution in [-0.2, 0) is 11.3 Å². The number of anilines is 1. The summed E-state index contributed by atoms with van der Waals surface area (Å²) >= 11 is 0. The number of fused-ring (bicyclic) bond motifs is 1. The minimum atomic E-state index is -0.524. The minimum Gasteiger partial charge on any atom is -0.477 e. The topological polar surface area (TPSA) is 59.4 Å². The van der Waals surface area contributed by atoms with Crippen molar-refractivity contribution in [2.24, 2.45) is 0 Å². The van der Waals surface area contributed by atoms with Crippen molar-refractivity contribution in [1.82, 2.24) is 15.1 Å². The van der Waals surface area contributed by atoms with Crippen LogP contribution in [0, 0.1) is 0 Å². The molecule has 2 unspecified atom stereocenters. The van der Waals surface area contributed by atoms with E-state index < -0.39 is 6.10 Å². The lowest BCUT2D eigenvalue weighted by molar-refractivity contribution is -0.128. The summed E-state index contributed by atoms with van der Waals surface area (Å²) in [5.74, 6) is 0.722. The first kappa shape index (κ1) is 21.0. The lowest BCUT2D eigenvalue weighted by atomic mass is 10.1. The third kappa shape index (κ3) is 4.90. The smallest absolute Gasteiger partial charge is 0.263 e. The number of amides is 1. The number of carbonyl (C=O) groups excluding carboxylic acids is 1. The average molecular weight is 419 g/mol. The van der Waals surface area contributed by atoms with Crippen molar-refractivity contribution in [3.8, 4) is 11.4 Å². The zero-order valence-corrected chi connectivity index (χ0v) is 18.2. The molecule has 0 saturated carbocycles. The van der Waals surface area contributed by atoms with Gasteiger partial charge in [0, 0.05) is 25.0 Å². The van der Waals surface area contributed by atoms with Gasteiger partial charge >= 0.3 is 0 Å². The Bertz CT molecular complexity index is 985. The van der Waals surface area contributed by atoms with Crippen molar-refractivity contribution in [1.29, 1.82) is 0 Å². The highest BCUT2D eigenvalue weighted by Gasteiger charge is 2.31. The molecule has 0 bridgehead atoms. The summed E-state index contributed by atoms with van der Waals surface area (Å²) in [5.41, 5.74) is 3.21. The molecule has 6 heteroatoms. The van der Waals surface area contributed by atoms with Crippen LogP contribution in [0.5, 0.6) is 5.75 Å². The molecule has 2 atom stereocenters. The first-order valence-electron chi connectivity index (χ1n) is 11.1. The molecule has 0 radical (unpaired) electrons. The summed E-state index contributed by atoms with van der Waals surface area (Å²) in [4.78, 5) is 15.2. The normalized spacial score (nSPS) is 16.3. The molecule has 1 N–H and O–H groups in total. The van der Waals surface area contributed by atoms with Crippen molar-refractivity contribution in [3.63, 3.8) is 0 Å². The lowest BCUT2D eigenvalue weighted by Crippen LogP contribution is -2.51. The van der Waals surface area contributed by atoms with E-state index in [-0.39, 0.29) is 11.9 Å². The molecule has 1 aliphatic rings. The maximum absolute atomic E-state index is 13.0. The molecular formula is C25H30N4O2. The largest absolute Gasteiger partial charge is 0.477 e. The maximum Gasteiger partial charge on any atom is 0.263 e. The molecule has 1 amide bonds. The number of benzene rings is 2. The highest BCUT2D eigenvalue weighted by atomic mass is 16.5. The zero-order chi connectivity index (χ0) is 21.6. The number of nitrogens with one attached hydrogen (secondary N) is 1. The number of hydrogen-bond acceptors (Lipinski definition) is 4. The Hall–Kier alpha value is -3.28. The van der Waals surface area contributed by atoms with Crippen molar-refractivity contribution in [2.45, 2.75) is 51.8 Å². The second-order valence-electron chi connectivity index (χ2n) is 7.97. The van der Waals surface area contributed by atoms with Crippen LogP contribution in [0.1, 0.15) is 38.7 Å². The Kier molecular flexibility index (Phi) is 6.55. The first-order chi connectivity index (χ1) is 15.2. The molecule has 0 saturated heterocycles. The van der Waals surface area contributed by atoms with Gasteiger partial charge in [0.2, 0.25) is 0 Å². The van der Waals surface area contributed by atoms with Crippen LogP contribution < -0.4 is 15.0 Å². The fourth-order valence-electron chi connectivity index (χ4n) is 4.01. The predicted octanol–water partition coefficient (Wildman–Crippen LogP) is 4.33. The van der Waals surface area contributed by atoms with Crippen LogP contribution in [0.15, 0.2) is 67.0 Å². The van der Waals surface area contributed by atoms with E-state index in [0.717, 1.165) is 36.4 Å². The second-order valence-corrected chi connectivity index (χ2v) is 7.97. The van der Waals surface area contributed by atoms with Gasteiger partial charge in [0.15, 0.2) is 6.10 Å². The molecule has 3 aromatic rings. The van der Waals surface area contributed by atoms with Gasteiger partial charge in [-0.1, -0.05) is 44.5 Å². The van der Waals surface area contributed by atoms with Crippen molar-refractivity contribution < 1.29 is 9.53 Å². The molecule has 6 nitrogen and oxygen atoms in total. The minimum absolute atomic E-state index is 0.0335. The Balaban J connectivity index is 1.50. The summed E-state index contributed by atoms with van der Waals surface area (Å²) in [7, 11) is 0. The third-order valence-electron chi connectivity index (χ3n) is 5.71. The first-order valence-corrected chi connectivity index (χ1v) is 11.1. The number of aromatic nitrogens is 2. The highest BCUT2D eigenvalue weighted by Crippen LogP contribution is 2.34. The van der Waals surface area contributed by atoms with Gasteiger partial charge in [-0.15, -0.1) is 0 Å². The van der Waals surface area contributed by atoms with Gasteiger partial charge in [-0.25, -0.2) is 4.68 Å². The van der Waals surface area contributed by atoms with Crippen LogP contribution >= 0.6 is 0 Å². The monoisotopic (exact) mass is 418 g/mol. The lowest BCUT2D eigenvalue weighted by Gasteiger charge is -2.36. The number of para-hydroxylation sites is 2. The SMILES string of the molecule is CCCC(CC)NC(=O)C1CN(Cc2ccc(-n3cccn3)cc2)c2ccccc2O1. The van der Waals surface area contributed by atoms with E-state index in [0.29, 0.717) is 13.1 Å². The van der Waals surface area contributed by atoms with Crippen LogP contribution in [-0.4, -0.2) is 34.4 Å². The van der Waals surface area contributed by atoms with Crippen molar-refractivity contribution in [3.05, 3.63) is 72.6 Å². The third-order valence-corrected chi connectivity index (χ3v) is 5.71. The van der Waals surface area contributed by atoms with E-state index in [9.17, 15) is 4.79 Å². The summed E-state index contributed by atoms with van der Waals surface area (Å²) in [6, 6.07) is 18.4. The number of rotatable bonds is 8. The maximum atomic E-state index is 13.0. The Morgan fingerprint density at radius 2 is 1.97 bits per heavy atom. The van der Waals surface area contributed by atoms with Gasteiger partial charge in [-0.2, -0.15) is 5.10 Å². The number of hydrogen-bond donors (Lipinski definition) is 1. The van der Waals surface area contributed by atoms with Crippen LogP contribution in [0.3, 0.4) is 0 Å². The quantitative estimate of drug-likeness (QED) is 0.591. The summed E-state index contributed by atoms with van der Waals surface area (Å²) in [6.07, 6.45) is 6.14. The molecular weight excluding hydrogens is 388 g/mol.